The number of hydrogen-bond acceptors (Lipinski definition) is 2. The van der Waals surface area contributed by atoms with E-state index in [2.05, 4.69) is 5.32 Å². The summed E-state index contributed by atoms with van der Waals surface area (Å²) in [6, 6.07) is 6.98. The summed E-state index contributed by atoms with van der Waals surface area (Å²) in [6.07, 6.45) is 2.58. The van der Waals surface area contributed by atoms with Crippen LogP contribution < -0.4 is 5.32 Å². The number of rotatable bonds is 4. The Hall–Kier alpha value is -1.84. The van der Waals surface area contributed by atoms with Crippen LogP contribution in [0.3, 0.4) is 0 Å². The van der Waals surface area contributed by atoms with Crippen LogP contribution in [0.1, 0.15) is 37.3 Å². The Morgan fingerprint density at radius 3 is 2.42 bits per heavy atom. The highest BCUT2D eigenvalue weighted by atomic mass is 16.4. The molecule has 2 rings (SSSR count). The molecular formula is C15H19NO3. The number of nitrogens with one attached hydrogen (secondary N) is 1. The van der Waals surface area contributed by atoms with E-state index in [1.165, 1.54) is 6.92 Å². The Bertz CT molecular complexity index is 506. The van der Waals surface area contributed by atoms with E-state index in [4.69, 9.17) is 5.11 Å². The lowest BCUT2D eigenvalue weighted by molar-refractivity contribution is -0.143. The molecule has 1 saturated carbocycles. The van der Waals surface area contributed by atoms with Crippen LogP contribution in [0.25, 0.3) is 0 Å². The fourth-order valence-electron chi connectivity index (χ4n) is 2.66. The van der Waals surface area contributed by atoms with Crippen molar-refractivity contribution in [3.05, 3.63) is 35.4 Å². The van der Waals surface area contributed by atoms with E-state index in [1.807, 2.05) is 31.2 Å². The summed E-state index contributed by atoms with van der Waals surface area (Å²) in [5, 5.41) is 11.5. The van der Waals surface area contributed by atoms with Crippen molar-refractivity contribution in [2.75, 3.05) is 0 Å². The molecule has 19 heavy (non-hydrogen) atoms. The highest BCUT2D eigenvalue weighted by Crippen LogP contribution is 2.45. The van der Waals surface area contributed by atoms with E-state index in [9.17, 15) is 9.59 Å². The smallest absolute Gasteiger partial charge is 0.325 e. The number of carbonyl (C=O) groups excluding carboxylic acids is 1. The summed E-state index contributed by atoms with van der Waals surface area (Å²) in [5.41, 5.74) is 1.58. The van der Waals surface area contributed by atoms with Crippen molar-refractivity contribution in [3.63, 3.8) is 0 Å². The molecule has 1 fully saturated rings. The Morgan fingerprint density at radius 1 is 1.32 bits per heavy atom. The molecule has 0 radical (unpaired) electrons. The number of carbonyl (C=O) groups is 2. The van der Waals surface area contributed by atoms with Crippen molar-refractivity contribution in [2.45, 2.75) is 44.6 Å². The maximum Gasteiger partial charge on any atom is 0.325 e. The van der Waals surface area contributed by atoms with Crippen LogP contribution in [-0.2, 0) is 15.0 Å². The second kappa shape index (κ2) is 5.03. The molecule has 1 aliphatic carbocycles. The predicted octanol–water partition coefficient (Wildman–Crippen LogP) is 2.01. The van der Waals surface area contributed by atoms with E-state index in [0.29, 0.717) is 0 Å². The molecule has 2 N–H and O–H groups in total. The van der Waals surface area contributed by atoms with Gasteiger partial charge in [-0.05, 0) is 37.8 Å². The first-order valence-corrected chi connectivity index (χ1v) is 6.57. The first-order chi connectivity index (χ1) is 8.97. The van der Waals surface area contributed by atoms with Gasteiger partial charge in [0.25, 0.3) is 0 Å². The second-order valence-corrected chi connectivity index (χ2v) is 5.28. The topological polar surface area (TPSA) is 66.4 Å². The van der Waals surface area contributed by atoms with Crippen molar-refractivity contribution in [2.24, 2.45) is 0 Å². The van der Waals surface area contributed by atoms with Gasteiger partial charge in [-0.15, -0.1) is 0 Å². The lowest BCUT2D eigenvalue weighted by atomic mass is 9.62. The van der Waals surface area contributed by atoms with E-state index in [-0.39, 0.29) is 5.91 Å². The molecule has 0 aromatic heterocycles. The summed E-state index contributed by atoms with van der Waals surface area (Å²) in [5.74, 6) is -1.17. The summed E-state index contributed by atoms with van der Waals surface area (Å²) in [4.78, 5) is 23.3. The van der Waals surface area contributed by atoms with Crippen molar-refractivity contribution in [1.29, 1.82) is 0 Å². The Morgan fingerprint density at radius 2 is 1.95 bits per heavy atom. The molecule has 0 aliphatic heterocycles. The SMILES string of the molecule is Cc1ccccc1C1(C(=O)N[C@H](C)C(=O)O)CCC1. The van der Waals surface area contributed by atoms with Gasteiger partial charge < -0.3 is 10.4 Å². The van der Waals surface area contributed by atoms with Crippen LogP contribution in [0.4, 0.5) is 0 Å². The molecule has 1 aliphatic rings. The fourth-order valence-corrected chi connectivity index (χ4v) is 2.66. The van der Waals surface area contributed by atoms with Gasteiger partial charge in [-0.25, -0.2) is 0 Å². The number of carboxylic acids is 1. The molecule has 1 aromatic carbocycles. The van der Waals surface area contributed by atoms with Gasteiger partial charge in [-0.3, -0.25) is 9.59 Å². The molecule has 1 aromatic rings. The number of carboxylic acid groups (broad SMARTS) is 1. The summed E-state index contributed by atoms with van der Waals surface area (Å²) in [7, 11) is 0. The minimum atomic E-state index is -1.01. The lowest BCUT2D eigenvalue weighted by Crippen LogP contribution is -2.53. The third-order valence-electron chi connectivity index (χ3n) is 4.02. The van der Waals surface area contributed by atoms with Crippen LogP contribution in [0.2, 0.25) is 0 Å². The van der Waals surface area contributed by atoms with E-state index in [1.54, 1.807) is 0 Å². The zero-order valence-corrected chi connectivity index (χ0v) is 11.3. The highest BCUT2D eigenvalue weighted by Gasteiger charge is 2.46. The van der Waals surface area contributed by atoms with Crippen LogP contribution >= 0.6 is 0 Å². The summed E-state index contributed by atoms with van der Waals surface area (Å²) >= 11 is 0. The van der Waals surface area contributed by atoms with E-state index in [0.717, 1.165) is 30.4 Å². The van der Waals surface area contributed by atoms with Gasteiger partial charge in [0, 0.05) is 0 Å². The zero-order chi connectivity index (χ0) is 14.0. The molecular weight excluding hydrogens is 242 g/mol. The van der Waals surface area contributed by atoms with Crippen molar-refractivity contribution < 1.29 is 14.7 Å². The number of aliphatic carboxylic acids is 1. The first kappa shape index (κ1) is 13.6. The molecule has 102 valence electrons. The normalized spacial score (nSPS) is 18.2. The molecule has 4 nitrogen and oxygen atoms in total. The van der Waals surface area contributed by atoms with Crippen LogP contribution in [-0.4, -0.2) is 23.0 Å². The molecule has 0 bridgehead atoms. The van der Waals surface area contributed by atoms with Crippen LogP contribution in [0, 0.1) is 6.92 Å². The Kier molecular flexibility index (Phi) is 3.60. The number of amides is 1. The average molecular weight is 261 g/mol. The number of hydrogen-bond donors (Lipinski definition) is 2. The lowest BCUT2D eigenvalue weighted by Gasteiger charge is -2.42. The van der Waals surface area contributed by atoms with Gasteiger partial charge >= 0.3 is 5.97 Å². The van der Waals surface area contributed by atoms with Gasteiger partial charge in [-0.1, -0.05) is 30.7 Å². The first-order valence-electron chi connectivity index (χ1n) is 6.57. The maximum absolute atomic E-state index is 12.4. The second-order valence-electron chi connectivity index (χ2n) is 5.28. The van der Waals surface area contributed by atoms with Crippen molar-refractivity contribution in [3.8, 4) is 0 Å². The number of aryl methyl sites for hydroxylation is 1. The molecule has 1 amide bonds. The van der Waals surface area contributed by atoms with Gasteiger partial charge in [0.15, 0.2) is 0 Å². The molecule has 0 unspecified atom stereocenters. The van der Waals surface area contributed by atoms with Gasteiger partial charge in [0.05, 0.1) is 5.41 Å². The van der Waals surface area contributed by atoms with Crippen molar-refractivity contribution in [1.82, 2.24) is 5.32 Å². The molecule has 1 atom stereocenters. The highest BCUT2D eigenvalue weighted by molar-refractivity contribution is 5.92. The summed E-state index contributed by atoms with van der Waals surface area (Å²) < 4.78 is 0. The molecule has 0 saturated heterocycles. The third-order valence-corrected chi connectivity index (χ3v) is 4.02. The van der Waals surface area contributed by atoms with Crippen LogP contribution in [0.5, 0.6) is 0 Å². The van der Waals surface area contributed by atoms with Gasteiger partial charge in [0.1, 0.15) is 6.04 Å². The molecule has 0 spiro atoms. The fraction of sp³-hybridized carbons (Fsp3) is 0.467. The third kappa shape index (κ3) is 2.35. The van der Waals surface area contributed by atoms with E-state index < -0.39 is 17.4 Å². The average Bonchev–Trinajstić information content (AvgIpc) is 2.30. The number of benzene rings is 1. The quantitative estimate of drug-likeness (QED) is 0.871. The monoisotopic (exact) mass is 261 g/mol. The predicted molar refractivity (Wildman–Crippen MR) is 71.9 cm³/mol. The largest absolute Gasteiger partial charge is 0.480 e. The Labute approximate surface area is 112 Å². The van der Waals surface area contributed by atoms with Crippen molar-refractivity contribution >= 4 is 11.9 Å². The Balaban J connectivity index is 2.26. The van der Waals surface area contributed by atoms with E-state index >= 15 is 0 Å². The minimum Gasteiger partial charge on any atom is -0.480 e. The molecule has 4 heteroatoms. The zero-order valence-electron chi connectivity index (χ0n) is 11.3. The van der Waals surface area contributed by atoms with Crippen LogP contribution in [0.15, 0.2) is 24.3 Å². The molecule has 0 heterocycles. The minimum absolute atomic E-state index is 0.164. The maximum atomic E-state index is 12.4. The van der Waals surface area contributed by atoms with Gasteiger partial charge in [-0.2, -0.15) is 0 Å². The summed E-state index contributed by atoms with van der Waals surface area (Å²) in [6.45, 7) is 3.48. The van der Waals surface area contributed by atoms with Gasteiger partial charge in [0.2, 0.25) is 5.91 Å². The standard InChI is InChI=1S/C15H19NO3/c1-10-6-3-4-7-12(10)15(8-5-9-15)14(19)16-11(2)13(17)18/h3-4,6-7,11H,5,8-9H2,1-2H3,(H,16,19)(H,17,18)/t11-/m1/s1.